The van der Waals surface area contributed by atoms with Gasteiger partial charge in [0, 0.05) is 30.1 Å². The topological polar surface area (TPSA) is 74.0 Å². The summed E-state index contributed by atoms with van der Waals surface area (Å²) in [5.74, 6) is -0.545. The molecule has 0 saturated heterocycles. The van der Waals surface area contributed by atoms with Crippen molar-refractivity contribution in [1.82, 2.24) is 19.6 Å². The van der Waals surface area contributed by atoms with Crippen LogP contribution in [0.15, 0.2) is 41.1 Å². The zero-order chi connectivity index (χ0) is 18.7. The molecule has 7 nitrogen and oxygen atoms in total. The maximum absolute atomic E-state index is 13.9. The van der Waals surface area contributed by atoms with Crippen molar-refractivity contribution in [1.29, 1.82) is 0 Å². The molecule has 1 aromatic carbocycles. The first kappa shape index (κ1) is 18.6. The number of hydrogen-bond acceptors (Lipinski definition) is 4. The molecule has 1 N–H and O–H groups in total. The van der Waals surface area contributed by atoms with Gasteiger partial charge in [0.1, 0.15) is 12.5 Å². The monoisotopic (exact) mass is 441 g/mol. The van der Waals surface area contributed by atoms with Crippen LogP contribution in [0.4, 0.5) is 10.2 Å². The summed E-state index contributed by atoms with van der Waals surface area (Å²) in [6.45, 7) is 0.372. The van der Waals surface area contributed by atoms with E-state index in [0.717, 1.165) is 0 Å². The third kappa shape index (κ3) is 4.12. The van der Waals surface area contributed by atoms with Crippen molar-refractivity contribution in [3.05, 3.63) is 63.2 Å². The molecule has 0 unspecified atom stereocenters. The van der Waals surface area contributed by atoms with E-state index in [4.69, 9.17) is 16.3 Å². The average Bonchev–Trinajstić information content (AvgIpc) is 3.19. The molecule has 26 heavy (non-hydrogen) atoms. The fourth-order valence-electron chi connectivity index (χ4n) is 2.27. The third-order valence-corrected chi connectivity index (χ3v) is 4.40. The Hall–Kier alpha value is -2.23. The predicted molar refractivity (Wildman–Crippen MR) is 97.6 cm³/mol. The second kappa shape index (κ2) is 7.98. The third-order valence-electron chi connectivity index (χ3n) is 3.47. The van der Waals surface area contributed by atoms with Gasteiger partial charge in [-0.2, -0.15) is 10.2 Å². The van der Waals surface area contributed by atoms with Crippen LogP contribution in [0, 0.1) is 5.82 Å². The molecular formula is C16H14BrClFN5O2. The Morgan fingerprint density at radius 2 is 2.15 bits per heavy atom. The maximum atomic E-state index is 13.9. The van der Waals surface area contributed by atoms with E-state index in [1.165, 1.54) is 28.6 Å². The lowest BCUT2D eigenvalue weighted by Gasteiger charge is -2.05. The van der Waals surface area contributed by atoms with Crippen LogP contribution < -0.4 is 5.32 Å². The Labute approximate surface area is 161 Å². The number of methoxy groups -OCH3 is 1. The summed E-state index contributed by atoms with van der Waals surface area (Å²) in [5, 5.41) is 11.3. The normalized spacial score (nSPS) is 10.9. The predicted octanol–water partition coefficient (Wildman–Crippen LogP) is 3.54. The molecule has 0 spiro atoms. The highest BCUT2D eigenvalue weighted by Crippen LogP contribution is 2.24. The Bertz CT molecular complexity index is 922. The van der Waals surface area contributed by atoms with Gasteiger partial charge in [-0.05, 0) is 34.1 Å². The molecule has 0 fully saturated rings. The summed E-state index contributed by atoms with van der Waals surface area (Å²) in [7, 11) is 1.53. The number of benzene rings is 1. The van der Waals surface area contributed by atoms with Crippen molar-refractivity contribution >= 4 is 39.3 Å². The van der Waals surface area contributed by atoms with E-state index in [1.54, 1.807) is 24.5 Å². The number of carbonyl (C=O) groups excluding carboxylic acids is 1. The second-order valence-corrected chi connectivity index (χ2v) is 6.60. The largest absolute Gasteiger partial charge is 0.362 e. The fraction of sp³-hybridized carbons (Fsp3) is 0.188. The van der Waals surface area contributed by atoms with Gasteiger partial charge >= 0.3 is 0 Å². The van der Waals surface area contributed by atoms with Gasteiger partial charge in [-0.15, -0.1) is 0 Å². The number of nitrogens with one attached hydrogen (secondary N) is 1. The van der Waals surface area contributed by atoms with Crippen LogP contribution in [0.25, 0.3) is 0 Å². The van der Waals surface area contributed by atoms with Crippen molar-refractivity contribution in [2.45, 2.75) is 13.3 Å². The maximum Gasteiger partial charge on any atom is 0.277 e. The van der Waals surface area contributed by atoms with Crippen molar-refractivity contribution in [2.24, 2.45) is 0 Å². The van der Waals surface area contributed by atoms with Gasteiger partial charge in [-0.1, -0.05) is 17.7 Å². The van der Waals surface area contributed by atoms with Gasteiger partial charge < -0.3 is 10.1 Å². The smallest absolute Gasteiger partial charge is 0.277 e. The number of aromatic nitrogens is 4. The van der Waals surface area contributed by atoms with Gasteiger partial charge in [0.2, 0.25) is 0 Å². The zero-order valence-electron chi connectivity index (χ0n) is 13.6. The lowest BCUT2D eigenvalue weighted by atomic mass is 10.2. The van der Waals surface area contributed by atoms with Crippen molar-refractivity contribution in [3.8, 4) is 0 Å². The molecular weight excluding hydrogens is 429 g/mol. The fourth-order valence-corrected chi connectivity index (χ4v) is 2.90. The van der Waals surface area contributed by atoms with E-state index in [1.807, 2.05) is 0 Å². The van der Waals surface area contributed by atoms with Gasteiger partial charge in [0.25, 0.3) is 5.91 Å². The van der Waals surface area contributed by atoms with Gasteiger partial charge in [-0.25, -0.2) is 9.07 Å². The molecule has 2 aromatic heterocycles. The van der Waals surface area contributed by atoms with Crippen molar-refractivity contribution in [3.63, 3.8) is 0 Å². The van der Waals surface area contributed by atoms with E-state index in [0.29, 0.717) is 20.9 Å². The number of carbonyl (C=O) groups is 1. The first-order valence-electron chi connectivity index (χ1n) is 7.47. The minimum absolute atomic E-state index is 0.127. The highest BCUT2D eigenvalue weighted by atomic mass is 79.9. The van der Waals surface area contributed by atoms with Crippen LogP contribution in [-0.2, 0) is 18.0 Å². The van der Waals surface area contributed by atoms with E-state index >= 15 is 0 Å². The number of amides is 1. The molecule has 0 radical (unpaired) electrons. The molecule has 1 amide bonds. The summed E-state index contributed by atoms with van der Waals surface area (Å²) in [6.07, 6.45) is 3.26. The lowest BCUT2D eigenvalue weighted by Crippen LogP contribution is -2.15. The quantitative estimate of drug-likeness (QED) is 0.634. The summed E-state index contributed by atoms with van der Waals surface area (Å²) >= 11 is 9.36. The molecule has 10 heteroatoms. The molecule has 0 saturated carbocycles. The van der Waals surface area contributed by atoms with Crippen LogP contribution in [-0.4, -0.2) is 32.6 Å². The number of ether oxygens (including phenoxy) is 1. The first-order chi connectivity index (χ1) is 12.5. The Balaban J connectivity index is 1.74. The Kier molecular flexibility index (Phi) is 5.70. The van der Waals surface area contributed by atoms with Gasteiger partial charge in [0.15, 0.2) is 11.5 Å². The van der Waals surface area contributed by atoms with Crippen LogP contribution in [0.5, 0.6) is 0 Å². The minimum Gasteiger partial charge on any atom is -0.362 e. The summed E-state index contributed by atoms with van der Waals surface area (Å²) in [5.41, 5.74) is 0.543. The molecule has 0 bridgehead atoms. The lowest BCUT2D eigenvalue weighted by molar-refractivity contribution is 0.101. The molecule has 0 aliphatic carbocycles. The van der Waals surface area contributed by atoms with Gasteiger partial charge in [-0.3, -0.25) is 9.48 Å². The molecule has 0 aliphatic heterocycles. The van der Waals surface area contributed by atoms with E-state index in [-0.39, 0.29) is 19.0 Å². The SMILES string of the molecule is COCn1ccc(C(=O)Nc2nn(Cc3c(F)cccc3Cl)cc2Br)n1. The van der Waals surface area contributed by atoms with Gasteiger partial charge in [0.05, 0.1) is 11.0 Å². The summed E-state index contributed by atoms with van der Waals surface area (Å²) in [6, 6.07) is 6.04. The molecule has 2 heterocycles. The molecule has 3 rings (SSSR count). The zero-order valence-corrected chi connectivity index (χ0v) is 16.0. The summed E-state index contributed by atoms with van der Waals surface area (Å²) < 4.78 is 22.4. The van der Waals surface area contributed by atoms with Crippen molar-refractivity contribution < 1.29 is 13.9 Å². The number of nitrogens with zero attached hydrogens (tertiary/aromatic N) is 4. The number of anilines is 1. The standard InChI is InChI=1S/C16H14BrClFN5O2/c1-26-9-23-6-5-14(21-23)16(25)20-15-11(17)8-24(22-15)7-10-12(18)3-2-4-13(10)19/h2-6,8H,7,9H2,1H3,(H,20,22,25). The number of halogens is 3. The first-order valence-corrected chi connectivity index (χ1v) is 8.64. The van der Waals surface area contributed by atoms with Crippen LogP contribution in [0.2, 0.25) is 5.02 Å². The molecule has 3 aromatic rings. The van der Waals surface area contributed by atoms with E-state index < -0.39 is 11.7 Å². The number of rotatable bonds is 6. The minimum atomic E-state index is -0.422. The van der Waals surface area contributed by atoms with Crippen molar-refractivity contribution in [2.75, 3.05) is 12.4 Å². The van der Waals surface area contributed by atoms with Crippen LogP contribution in [0.3, 0.4) is 0 Å². The highest BCUT2D eigenvalue weighted by molar-refractivity contribution is 9.10. The Morgan fingerprint density at radius 3 is 2.88 bits per heavy atom. The Morgan fingerprint density at radius 1 is 1.35 bits per heavy atom. The van der Waals surface area contributed by atoms with E-state index in [9.17, 15) is 9.18 Å². The molecule has 0 aliphatic rings. The van der Waals surface area contributed by atoms with E-state index in [2.05, 4.69) is 31.4 Å². The average molecular weight is 443 g/mol. The second-order valence-electron chi connectivity index (χ2n) is 5.34. The highest BCUT2D eigenvalue weighted by Gasteiger charge is 2.16. The molecule has 0 atom stereocenters. The molecule has 136 valence electrons. The van der Waals surface area contributed by atoms with Crippen LogP contribution >= 0.6 is 27.5 Å². The summed E-state index contributed by atoms with van der Waals surface area (Å²) in [4.78, 5) is 12.3. The van der Waals surface area contributed by atoms with Crippen LogP contribution in [0.1, 0.15) is 16.1 Å². The number of hydrogen-bond donors (Lipinski definition) is 1.